The minimum absolute atomic E-state index is 0.0612. The maximum atomic E-state index is 12.4. The summed E-state index contributed by atoms with van der Waals surface area (Å²) in [4.78, 5) is 24.1. The SMILES string of the molecule is COC(=O)CC(NC(=O)[C@@H]1CC[C@H](CN)O1)c1cccc(Br)c1. The topological polar surface area (TPSA) is 90.7 Å². The molecular weight excluding hydrogens is 364 g/mol. The first-order chi connectivity index (χ1) is 11.0. The van der Waals surface area contributed by atoms with Crippen LogP contribution in [0.5, 0.6) is 0 Å². The van der Waals surface area contributed by atoms with Crippen LogP contribution < -0.4 is 11.1 Å². The average molecular weight is 385 g/mol. The summed E-state index contributed by atoms with van der Waals surface area (Å²) in [5.41, 5.74) is 6.39. The van der Waals surface area contributed by atoms with Crippen LogP contribution in [0.25, 0.3) is 0 Å². The molecule has 0 spiro atoms. The molecule has 7 heteroatoms. The summed E-state index contributed by atoms with van der Waals surface area (Å²) in [7, 11) is 1.33. The van der Waals surface area contributed by atoms with Gasteiger partial charge < -0.3 is 20.5 Å². The zero-order valence-corrected chi connectivity index (χ0v) is 14.5. The summed E-state index contributed by atoms with van der Waals surface area (Å²) >= 11 is 3.40. The molecule has 0 saturated carbocycles. The van der Waals surface area contributed by atoms with E-state index in [4.69, 9.17) is 15.2 Å². The number of esters is 1. The minimum atomic E-state index is -0.518. The maximum Gasteiger partial charge on any atom is 0.307 e. The molecule has 0 aliphatic carbocycles. The fraction of sp³-hybridized carbons (Fsp3) is 0.500. The van der Waals surface area contributed by atoms with Gasteiger partial charge in [-0.05, 0) is 30.5 Å². The van der Waals surface area contributed by atoms with Crippen molar-refractivity contribution in [2.45, 2.75) is 37.5 Å². The van der Waals surface area contributed by atoms with E-state index in [0.717, 1.165) is 16.5 Å². The summed E-state index contributed by atoms with van der Waals surface area (Å²) in [5, 5.41) is 2.89. The molecule has 1 amide bonds. The number of methoxy groups -OCH3 is 1. The molecule has 0 radical (unpaired) electrons. The van der Waals surface area contributed by atoms with Crippen molar-refractivity contribution in [1.29, 1.82) is 0 Å². The number of nitrogens with two attached hydrogens (primary N) is 1. The Morgan fingerprint density at radius 2 is 2.26 bits per heavy atom. The van der Waals surface area contributed by atoms with Crippen LogP contribution in [-0.2, 0) is 19.1 Å². The number of carbonyl (C=O) groups excluding carboxylic acids is 2. The van der Waals surface area contributed by atoms with Crippen LogP contribution in [0.15, 0.2) is 28.7 Å². The second kappa shape index (κ2) is 8.42. The highest BCUT2D eigenvalue weighted by Crippen LogP contribution is 2.24. The molecule has 3 N–H and O–H groups in total. The van der Waals surface area contributed by atoms with E-state index in [-0.39, 0.29) is 24.4 Å². The summed E-state index contributed by atoms with van der Waals surface area (Å²) in [6.07, 6.45) is 0.877. The highest BCUT2D eigenvalue weighted by atomic mass is 79.9. The van der Waals surface area contributed by atoms with Crippen molar-refractivity contribution in [3.8, 4) is 0 Å². The second-order valence-electron chi connectivity index (χ2n) is 5.46. The Hall–Kier alpha value is -1.44. The molecule has 1 aromatic carbocycles. The summed E-state index contributed by atoms with van der Waals surface area (Å²) in [6.45, 7) is 0.404. The molecule has 6 nitrogen and oxygen atoms in total. The van der Waals surface area contributed by atoms with Gasteiger partial charge in [-0.1, -0.05) is 28.1 Å². The lowest BCUT2D eigenvalue weighted by Gasteiger charge is -2.21. The predicted molar refractivity (Wildman–Crippen MR) is 88.6 cm³/mol. The minimum Gasteiger partial charge on any atom is -0.469 e. The van der Waals surface area contributed by atoms with Gasteiger partial charge in [-0.15, -0.1) is 0 Å². The van der Waals surface area contributed by atoms with Gasteiger partial charge in [0.1, 0.15) is 6.10 Å². The quantitative estimate of drug-likeness (QED) is 0.728. The Labute approximate surface area is 143 Å². The van der Waals surface area contributed by atoms with Gasteiger partial charge in [-0.3, -0.25) is 9.59 Å². The van der Waals surface area contributed by atoms with Crippen molar-refractivity contribution in [2.75, 3.05) is 13.7 Å². The van der Waals surface area contributed by atoms with E-state index in [1.54, 1.807) is 0 Å². The van der Waals surface area contributed by atoms with Crippen molar-refractivity contribution >= 4 is 27.8 Å². The molecule has 0 aromatic heterocycles. The van der Waals surface area contributed by atoms with E-state index in [0.29, 0.717) is 13.0 Å². The second-order valence-corrected chi connectivity index (χ2v) is 6.37. The number of rotatable bonds is 6. The first-order valence-corrected chi connectivity index (χ1v) is 8.31. The van der Waals surface area contributed by atoms with Crippen LogP contribution >= 0.6 is 15.9 Å². The van der Waals surface area contributed by atoms with Crippen LogP contribution in [0.2, 0.25) is 0 Å². The lowest BCUT2D eigenvalue weighted by Crippen LogP contribution is -2.38. The molecule has 126 valence electrons. The first kappa shape index (κ1) is 17.9. The average Bonchev–Trinajstić information content (AvgIpc) is 3.03. The van der Waals surface area contributed by atoms with E-state index in [1.807, 2.05) is 24.3 Å². The molecule has 1 aliphatic rings. The number of amides is 1. The van der Waals surface area contributed by atoms with Gasteiger partial charge in [0.25, 0.3) is 0 Å². The third-order valence-corrected chi connectivity index (χ3v) is 4.32. The Morgan fingerprint density at radius 3 is 2.87 bits per heavy atom. The van der Waals surface area contributed by atoms with E-state index < -0.39 is 12.1 Å². The number of hydrogen-bond acceptors (Lipinski definition) is 5. The molecule has 1 aliphatic heterocycles. The van der Waals surface area contributed by atoms with E-state index in [2.05, 4.69) is 21.2 Å². The Kier molecular flexibility index (Phi) is 6.56. The van der Waals surface area contributed by atoms with Gasteiger partial charge in [0.05, 0.1) is 25.7 Å². The molecule has 2 rings (SSSR count). The van der Waals surface area contributed by atoms with Crippen LogP contribution in [0.1, 0.15) is 30.9 Å². The predicted octanol–water partition coefficient (Wildman–Crippen LogP) is 1.68. The van der Waals surface area contributed by atoms with Gasteiger partial charge in [0, 0.05) is 11.0 Å². The molecule has 23 heavy (non-hydrogen) atoms. The van der Waals surface area contributed by atoms with Gasteiger partial charge in [-0.2, -0.15) is 0 Å². The van der Waals surface area contributed by atoms with Gasteiger partial charge >= 0.3 is 5.97 Å². The zero-order valence-electron chi connectivity index (χ0n) is 13.0. The fourth-order valence-corrected chi connectivity index (χ4v) is 2.98. The van der Waals surface area contributed by atoms with Crippen molar-refractivity contribution < 1.29 is 19.1 Å². The van der Waals surface area contributed by atoms with Gasteiger partial charge in [0.2, 0.25) is 5.91 Å². The Balaban J connectivity index is 2.08. The standard InChI is InChI=1S/C16H21BrN2O4/c1-22-15(20)8-13(10-3-2-4-11(17)7-10)19-16(21)14-6-5-12(9-18)23-14/h2-4,7,12-14H,5-6,8-9,18H2,1H3,(H,19,21)/t12-,13?,14+/m1/s1. The smallest absolute Gasteiger partial charge is 0.307 e. The summed E-state index contributed by atoms with van der Waals surface area (Å²) < 4.78 is 11.2. The van der Waals surface area contributed by atoms with Gasteiger partial charge in [-0.25, -0.2) is 0 Å². The summed E-state index contributed by atoms with van der Waals surface area (Å²) in [5.74, 6) is -0.614. The Morgan fingerprint density at radius 1 is 1.48 bits per heavy atom. The highest BCUT2D eigenvalue weighted by molar-refractivity contribution is 9.10. The molecular formula is C16H21BrN2O4. The van der Waals surface area contributed by atoms with E-state index in [9.17, 15) is 9.59 Å². The molecule has 1 saturated heterocycles. The van der Waals surface area contributed by atoms with Crippen molar-refractivity contribution in [3.05, 3.63) is 34.3 Å². The zero-order chi connectivity index (χ0) is 16.8. The molecule has 1 heterocycles. The monoisotopic (exact) mass is 384 g/mol. The fourth-order valence-electron chi connectivity index (χ4n) is 2.56. The molecule has 1 fully saturated rings. The molecule has 3 atom stereocenters. The van der Waals surface area contributed by atoms with E-state index >= 15 is 0 Å². The van der Waals surface area contributed by atoms with Gasteiger partial charge in [0.15, 0.2) is 0 Å². The van der Waals surface area contributed by atoms with Crippen molar-refractivity contribution in [1.82, 2.24) is 5.32 Å². The van der Waals surface area contributed by atoms with Crippen LogP contribution in [0.4, 0.5) is 0 Å². The molecule has 0 bridgehead atoms. The van der Waals surface area contributed by atoms with Crippen LogP contribution in [-0.4, -0.2) is 37.7 Å². The van der Waals surface area contributed by atoms with Crippen LogP contribution in [0, 0.1) is 0 Å². The number of hydrogen-bond donors (Lipinski definition) is 2. The highest BCUT2D eigenvalue weighted by Gasteiger charge is 2.31. The lowest BCUT2D eigenvalue weighted by molar-refractivity contribution is -0.141. The number of carbonyl (C=O) groups is 2. The Bertz CT molecular complexity index is 567. The maximum absolute atomic E-state index is 12.4. The lowest BCUT2D eigenvalue weighted by atomic mass is 10.0. The van der Waals surface area contributed by atoms with Crippen molar-refractivity contribution in [2.24, 2.45) is 5.73 Å². The normalized spacial score (nSPS) is 21.7. The summed E-state index contributed by atoms with van der Waals surface area (Å²) in [6, 6.07) is 7.00. The largest absolute Gasteiger partial charge is 0.469 e. The first-order valence-electron chi connectivity index (χ1n) is 7.51. The van der Waals surface area contributed by atoms with Crippen LogP contribution in [0.3, 0.4) is 0 Å². The molecule has 1 unspecified atom stereocenters. The number of halogens is 1. The molecule has 1 aromatic rings. The third-order valence-electron chi connectivity index (χ3n) is 3.83. The van der Waals surface area contributed by atoms with E-state index in [1.165, 1.54) is 7.11 Å². The number of nitrogens with one attached hydrogen (secondary N) is 1. The third kappa shape index (κ3) is 5.02. The van der Waals surface area contributed by atoms with Crippen molar-refractivity contribution in [3.63, 3.8) is 0 Å². The number of benzene rings is 1. The number of ether oxygens (including phenoxy) is 2.